The van der Waals surface area contributed by atoms with E-state index in [9.17, 15) is 9.18 Å². The van der Waals surface area contributed by atoms with Gasteiger partial charge in [0.05, 0.1) is 18.8 Å². The third-order valence-corrected chi connectivity index (χ3v) is 7.15. The molecule has 1 saturated carbocycles. The predicted octanol–water partition coefficient (Wildman–Crippen LogP) is 7.15. The molecular weight excluding hydrogens is 521 g/mol. The van der Waals surface area contributed by atoms with Crippen molar-refractivity contribution >= 4 is 21.8 Å². The van der Waals surface area contributed by atoms with Crippen molar-refractivity contribution in [2.75, 3.05) is 6.54 Å². The summed E-state index contributed by atoms with van der Waals surface area (Å²) in [5.41, 5.74) is 5.02. The van der Waals surface area contributed by atoms with Crippen LogP contribution in [0, 0.1) is 12.7 Å². The van der Waals surface area contributed by atoms with Crippen LogP contribution < -0.4 is 10.1 Å². The Bertz CT molecular complexity index is 1170. The summed E-state index contributed by atoms with van der Waals surface area (Å²) in [5, 5.41) is 2.85. The third kappa shape index (κ3) is 7.40. The van der Waals surface area contributed by atoms with Crippen LogP contribution in [0.1, 0.15) is 49.3 Å². The molecule has 1 fully saturated rings. The summed E-state index contributed by atoms with van der Waals surface area (Å²) in [6.45, 7) is 4.71. The van der Waals surface area contributed by atoms with E-state index >= 15 is 0 Å². The lowest BCUT2D eigenvalue weighted by atomic mass is 9.93. The van der Waals surface area contributed by atoms with E-state index in [1.807, 2.05) is 31.2 Å². The number of aryl methyl sites for hydroxylation is 1. The lowest BCUT2D eigenvalue weighted by Crippen LogP contribution is -2.28. The Balaban J connectivity index is 1.41. The van der Waals surface area contributed by atoms with Crippen LogP contribution in [0.25, 0.3) is 11.1 Å². The molecule has 3 aromatic carbocycles. The van der Waals surface area contributed by atoms with Gasteiger partial charge in [-0.1, -0.05) is 46.3 Å². The number of ether oxygens (including phenoxy) is 2. The Kier molecular flexibility index (Phi) is 9.16. The number of carbonyl (C=O) groups excluding carboxylic acids is 1. The van der Waals surface area contributed by atoms with Crippen LogP contribution in [0.4, 0.5) is 4.39 Å². The molecule has 190 valence electrons. The first-order valence-corrected chi connectivity index (χ1v) is 13.3. The maximum atomic E-state index is 14.0. The van der Waals surface area contributed by atoms with Crippen LogP contribution in [0.3, 0.4) is 0 Å². The summed E-state index contributed by atoms with van der Waals surface area (Å²) in [4.78, 5) is 11.3. The molecule has 0 radical (unpaired) electrons. The zero-order chi connectivity index (χ0) is 25.5. The van der Waals surface area contributed by atoms with E-state index < -0.39 is 0 Å². The van der Waals surface area contributed by atoms with Crippen LogP contribution in [0.15, 0.2) is 65.1 Å². The molecule has 0 aliphatic heterocycles. The molecule has 1 aliphatic carbocycles. The molecule has 0 spiro atoms. The summed E-state index contributed by atoms with van der Waals surface area (Å²) in [6, 6.07) is 19.0. The first kappa shape index (κ1) is 26.4. The zero-order valence-electron chi connectivity index (χ0n) is 20.9. The van der Waals surface area contributed by atoms with E-state index in [2.05, 4.69) is 39.4 Å². The van der Waals surface area contributed by atoms with E-state index in [4.69, 9.17) is 9.47 Å². The first-order valence-electron chi connectivity index (χ1n) is 12.5. The Labute approximate surface area is 221 Å². The number of hydrogen-bond acceptors (Lipinski definition) is 3. The molecule has 4 rings (SSSR count). The molecule has 1 N–H and O–H groups in total. The Hall–Kier alpha value is -2.70. The second-order valence-corrected chi connectivity index (χ2v) is 10.4. The van der Waals surface area contributed by atoms with Gasteiger partial charge in [-0.15, -0.1) is 0 Å². The maximum absolute atomic E-state index is 14.0. The molecule has 6 heteroatoms. The molecule has 1 amide bonds. The Morgan fingerprint density at radius 1 is 1.03 bits per heavy atom. The molecule has 0 bridgehead atoms. The van der Waals surface area contributed by atoms with Crippen molar-refractivity contribution in [1.29, 1.82) is 0 Å². The van der Waals surface area contributed by atoms with Crippen molar-refractivity contribution in [3.63, 3.8) is 0 Å². The van der Waals surface area contributed by atoms with Gasteiger partial charge in [-0.3, -0.25) is 4.79 Å². The van der Waals surface area contributed by atoms with E-state index in [1.165, 1.54) is 18.6 Å². The largest absolute Gasteiger partial charge is 0.490 e. The fraction of sp³-hybridized carbons (Fsp3) is 0.367. The molecule has 0 heterocycles. The number of halogens is 2. The van der Waals surface area contributed by atoms with Crippen molar-refractivity contribution in [2.45, 2.75) is 64.8 Å². The SMILES string of the molecule is CC(=O)NCCc1cc(C)c(OC2CCC(OCc3ccc(Br)cc3)CC2)cc1-c1cccc(F)c1. The van der Waals surface area contributed by atoms with Gasteiger partial charge in [-0.25, -0.2) is 4.39 Å². The van der Waals surface area contributed by atoms with E-state index in [-0.39, 0.29) is 23.9 Å². The van der Waals surface area contributed by atoms with Crippen LogP contribution in [0.2, 0.25) is 0 Å². The van der Waals surface area contributed by atoms with Gasteiger partial charge < -0.3 is 14.8 Å². The fourth-order valence-electron chi connectivity index (χ4n) is 4.67. The Morgan fingerprint density at radius 3 is 2.44 bits per heavy atom. The van der Waals surface area contributed by atoms with Crippen molar-refractivity contribution < 1.29 is 18.7 Å². The van der Waals surface area contributed by atoms with Crippen LogP contribution >= 0.6 is 15.9 Å². The van der Waals surface area contributed by atoms with Crippen LogP contribution in [-0.2, 0) is 22.6 Å². The van der Waals surface area contributed by atoms with Gasteiger partial charge in [0.25, 0.3) is 0 Å². The van der Waals surface area contributed by atoms with Gasteiger partial charge in [0.2, 0.25) is 5.91 Å². The van der Waals surface area contributed by atoms with Gasteiger partial charge in [0, 0.05) is 17.9 Å². The quantitative estimate of drug-likeness (QED) is 0.306. The number of amides is 1. The Morgan fingerprint density at radius 2 is 1.75 bits per heavy atom. The summed E-state index contributed by atoms with van der Waals surface area (Å²) in [5.74, 6) is 0.497. The van der Waals surface area contributed by atoms with Crippen molar-refractivity contribution in [3.05, 3.63) is 87.6 Å². The minimum atomic E-state index is -0.273. The van der Waals surface area contributed by atoms with E-state index in [0.717, 1.165) is 58.2 Å². The standard InChI is InChI=1S/C30H33BrFNO3/c1-20-16-24(14-15-33-21(2)34)29(23-4-3-5-26(32)17-23)18-30(20)36-28-12-10-27(11-13-28)35-19-22-6-8-25(31)9-7-22/h3-9,16-18,27-28H,10-15,19H2,1-2H3,(H,33,34). The number of rotatable bonds is 9. The number of hydrogen-bond donors (Lipinski definition) is 1. The summed E-state index contributed by atoms with van der Waals surface area (Å²) in [6.07, 6.45) is 4.83. The molecule has 0 unspecified atom stereocenters. The first-order chi connectivity index (χ1) is 17.4. The number of benzene rings is 3. The van der Waals surface area contributed by atoms with Gasteiger partial charge in [-0.05, 0) is 97.2 Å². The minimum Gasteiger partial charge on any atom is -0.490 e. The lowest BCUT2D eigenvalue weighted by Gasteiger charge is -2.30. The molecule has 4 nitrogen and oxygen atoms in total. The van der Waals surface area contributed by atoms with Gasteiger partial charge in [0.1, 0.15) is 11.6 Å². The van der Waals surface area contributed by atoms with Gasteiger partial charge in [-0.2, -0.15) is 0 Å². The second kappa shape index (κ2) is 12.5. The normalized spacial score (nSPS) is 17.6. The maximum Gasteiger partial charge on any atom is 0.216 e. The van der Waals surface area contributed by atoms with Crippen LogP contribution in [-0.4, -0.2) is 24.7 Å². The fourth-order valence-corrected chi connectivity index (χ4v) is 4.93. The summed E-state index contributed by atoms with van der Waals surface area (Å²) < 4.78 is 27.7. The molecular formula is C30H33BrFNO3. The average molecular weight is 555 g/mol. The highest BCUT2D eigenvalue weighted by Crippen LogP contribution is 2.34. The molecule has 36 heavy (non-hydrogen) atoms. The van der Waals surface area contributed by atoms with Crippen molar-refractivity contribution in [3.8, 4) is 16.9 Å². The van der Waals surface area contributed by atoms with Gasteiger partial charge >= 0.3 is 0 Å². The van der Waals surface area contributed by atoms with Gasteiger partial charge in [0.15, 0.2) is 0 Å². The number of nitrogens with one attached hydrogen (secondary N) is 1. The average Bonchev–Trinajstić information content (AvgIpc) is 2.86. The highest BCUT2D eigenvalue weighted by molar-refractivity contribution is 9.10. The molecule has 0 saturated heterocycles. The molecule has 0 aromatic heterocycles. The highest BCUT2D eigenvalue weighted by Gasteiger charge is 2.24. The highest BCUT2D eigenvalue weighted by atomic mass is 79.9. The molecule has 0 atom stereocenters. The minimum absolute atomic E-state index is 0.0598. The smallest absolute Gasteiger partial charge is 0.216 e. The molecule has 3 aromatic rings. The monoisotopic (exact) mass is 553 g/mol. The lowest BCUT2D eigenvalue weighted by molar-refractivity contribution is -0.118. The molecule has 1 aliphatic rings. The van der Waals surface area contributed by atoms with Crippen molar-refractivity contribution in [1.82, 2.24) is 5.32 Å². The van der Waals surface area contributed by atoms with E-state index in [1.54, 1.807) is 12.1 Å². The third-order valence-electron chi connectivity index (χ3n) is 6.62. The number of carbonyl (C=O) groups is 1. The second-order valence-electron chi connectivity index (χ2n) is 9.47. The topological polar surface area (TPSA) is 47.6 Å². The predicted molar refractivity (Wildman–Crippen MR) is 145 cm³/mol. The van der Waals surface area contributed by atoms with Crippen molar-refractivity contribution in [2.24, 2.45) is 0 Å². The summed E-state index contributed by atoms with van der Waals surface area (Å²) in [7, 11) is 0. The zero-order valence-corrected chi connectivity index (χ0v) is 22.4. The van der Waals surface area contributed by atoms with E-state index in [0.29, 0.717) is 19.6 Å². The summed E-state index contributed by atoms with van der Waals surface area (Å²) >= 11 is 3.47. The van der Waals surface area contributed by atoms with Crippen LogP contribution in [0.5, 0.6) is 5.75 Å².